The van der Waals surface area contributed by atoms with Gasteiger partial charge in [0.25, 0.3) is 0 Å². The molecule has 0 fully saturated rings. The number of carbonyl (C=O) groups excluding carboxylic acids is 1. The lowest BCUT2D eigenvalue weighted by Crippen LogP contribution is -2.28. The Morgan fingerprint density at radius 3 is 2.67 bits per heavy atom. The van der Waals surface area contributed by atoms with Crippen LogP contribution in [0.5, 0.6) is 0 Å². The van der Waals surface area contributed by atoms with Gasteiger partial charge in [-0.1, -0.05) is 0 Å². The maximum absolute atomic E-state index is 11.8. The third-order valence-electron chi connectivity index (χ3n) is 2.08. The van der Waals surface area contributed by atoms with Crippen LogP contribution in [0.4, 0.5) is 5.69 Å². The fourth-order valence-electron chi connectivity index (χ4n) is 1.26. The number of hydrogen-bond acceptors (Lipinski definition) is 5. The van der Waals surface area contributed by atoms with E-state index < -0.39 is 15.9 Å². The molecule has 7 nitrogen and oxygen atoms in total. The van der Waals surface area contributed by atoms with E-state index in [0.29, 0.717) is 5.69 Å². The lowest BCUT2D eigenvalue weighted by atomic mass is 10.2. The summed E-state index contributed by atoms with van der Waals surface area (Å²) >= 11 is 0. The predicted octanol–water partition coefficient (Wildman–Crippen LogP) is -0.706. The largest absolute Gasteiger partial charge is 0.399 e. The zero-order chi connectivity index (χ0) is 13.8. The number of nitrogens with zero attached hydrogens (tertiary/aromatic N) is 1. The molecule has 8 heteroatoms. The second-order valence-corrected chi connectivity index (χ2v) is 5.22. The molecule has 0 saturated heterocycles. The van der Waals surface area contributed by atoms with Crippen molar-refractivity contribution in [3.8, 4) is 6.07 Å². The molecular formula is C10H12N4O3S. The number of nitriles is 1. The minimum Gasteiger partial charge on any atom is -0.399 e. The summed E-state index contributed by atoms with van der Waals surface area (Å²) in [6.07, 6.45) is -0.115. The van der Waals surface area contributed by atoms with E-state index in [1.54, 1.807) is 6.07 Å². The monoisotopic (exact) mass is 268 g/mol. The zero-order valence-corrected chi connectivity index (χ0v) is 10.2. The van der Waals surface area contributed by atoms with Crippen molar-refractivity contribution in [3.05, 3.63) is 23.8 Å². The molecule has 0 saturated carbocycles. The van der Waals surface area contributed by atoms with Gasteiger partial charge in [0.2, 0.25) is 15.9 Å². The van der Waals surface area contributed by atoms with Gasteiger partial charge in [-0.2, -0.15) is 5.26 Å². The molecule has 0 unspecified atom stereocenters. The van der Waals surface area contributed by atoms with Gasteiger partial charge in [0.1, 0.15) is 6.07 Å². The molecule has 0 atom stereocenters. The van der Waals surface area contributed by atoms with Crippen molar-refractivity contribution in [2.75, 3.05) is 12.3 Å². The Hall–Kier alpha value is -2.11. The van der Waals surface area contributed by atoms with E-state index >= 15 is 0 Å². The molecule has 96 valence electrons. The Morgan fingerprint density at radius 2 is 2.11 bits per heavy atom. The maximum Gasteiger partial charge on any atom is 0.241 e. The van der Waals surface area contributed by atoms with Crippen molar-refractivity contribution in [1.82, 2.24) is 4.72 Å². The Bertz CT molecular complexity index is 604. The number of benzene rings is 1. The van der Waals surface area contributed by atoms with Gasteiger partial charge in [-0.15, -0.1) is 0 Å². The van der Waals surface area contributed by atoms with Gasteiger partial charge in [0, 0.05) is 18.7 Å². The second-order valence-electron chi connectivity index (χ2n) is 3.48. The van der Waals surface area contributed by atoms with Gasteiger partial charge in [0.15, 0.2) is 0 Å². The molecule has 0 aliphatic carbocycles. The summed E-state index contributed by atoms with van der Waals surface area (Å²) in [5, 5.41) is 8.85. The molecule has 0 bridgehead atoms. The Morgan fingerprint density at radius 1 is 1.44 bits per heavy atom. The molecule has 0 spiro atoms. The number of anilines is 1. The van der Waals surface area contributed by atoms with Crippen LogP contribution in [0, 0.1) is 11.3 Å². The molecule has 0 aliphatic rings. The van der Waals surface area contributed by atoms with E-state index in [1.165, 1.54) is 18.2 Å². The molecule has 1 amide bonds. The molecule has 1 aromatic carbocycles. The summed E-state index contributed by atoms with van der Waals surface area (Å²) in [6.45, 7) is -0.118. The van der Waals surface area contributed by atoms with E-state index in [-0.39, 0.29) is 23.4 Å². The second kappa shape index (κ2) is 5.48. The fourth-order valence-corrected chi connectivity index (χ4v) is 2.42. The van der Waals surface area contributed by atoms with Crippen molar-refractivity contribution >= 4 is 21.6 Å². The van der Waals surface area contributed by atoms with Crippen molar-refractivity contribution in [1.29, 1.82) is 5.26 Å². The Kier molecular flexibility index (Phi) is 4.25. The van der Waals surface area contributed by atoms with Gasteiger partial charge in [-0.25, -0.2) is 13.1 Å². The number of nitrogens with one attached hydrogen (secondary N) is 1. The number of amides is 1. The predicted molar refractivity (Wildman–Crippen MR) is 64.6 cm³/mol. The average Bonchev–Trinajstić information content (AvgIpc) is 2.27. The molecule has 0 aromatic heterocycles. The summed E-state index contributed by atoms with van der Waals surface area (Å²) in [6, 6.07) is 5.63. The van der Waals surface area contributed by atoms with Gasteiger partial charge < -0.3 is 11.5 Å². The van der Waals surface area contributed by atoms with Crippen LogP contribution >= 0.6 is 0 Å². The van der Waals surface area contributed by atoms with Gasteiger partial charge >= 0.3 is 0 Å². The molecule has 5 N–H and O–H groups in total. The summed E-state index contributed by atoms with van der Waals surface area (Å²) in [4.78, 5) is 10.3. The highest BCUT2D eigenvalue weighted by molar-refractivity contribution is 7.89. The molecule has 18 heavy (non-hydrogen) atoms. The summed E-state index contributed by atoms with van der Waals surface area (Å²) < 4.78 is 25.9. The van der Waals surface area contributed by atoms with E-state index in [1.807, 2.05) is 0 Å². The first kappa shape index (κ1) is 14.0. The Balaban J connectivity index is 2.99. The first-order chi connectivity index (χ1) is 8.36. The van der Waals surface area contributed by atoms with Gasteiger partial charge in [0.05, 0.1) is 10.5 Å². The molecule has 0 radical (unpaired) electrons. The van der Waals surface area contributed by atoms with Crippen molar-refractivity contribution in [2.45, 2.75) is 11.3 Å². The van der Waals surface area contributed by atoms with E-state index in [2.05, 4.69) is 4.72 Å². The zero-order valence-electron chi connectivity index (χ0n) is 9.38. The minimum absolute atomic E-state index is 0.0541. The number of nitrogen functional groups attached to an aromatic ring is 1. The lowest BCUT2D eigenvalue weighted by Gasteiger charge is -2.07. The minimum atomic E-state index is -3.85. The quantitative estimate of drug-likeness (QED) is 0.605. The van der Waals surface area contributed by atoms with Crippen LogP contribution < -0.4 is 16.2 Å². The number of nitrogens with two attached hydrogens (primary N) is 2. The van der Waals surface area contributed by atoms with E-state index in [9.17, 15) is 13.2 Å². The smallest absolute Gasteiger partial charge is 0.241 e. The van der Waals surface area contributed by atoms with Crippen LogP contribution in [0.2, 0.25) is 0 Å². The SMILES string of the molecule is N#Cc1cc(N)ccc1S(=O)(=O)NCCC(N)=O. The standard InChI is InChI=1S/C10H12N4O3S/c11-6-7-5-8(12)1-2-9(7)18(16,17)14-4-3-10(13)15/h1-2,5,14H,3-4,12H2,(H2,13,15). The molecule has 1 aromatic rings. The Labute approximate surface area is 104 Å². The van der Waals surface area contributed by atoms with Crippen LogP contribution in [0.25, 0.3) is 0 Å². The number of hydrogen-bond donors (Lipinski definition) is 3. The summed E-state index contributed by atoms with van der Waals surface area (Å²) in [5.74, 6) is -0.615. The van der Waals surface area contributed by atoms with Crippen LogP contribution in [0.3, 0.4) is 0 Å². The summed E-state index contributed by atoms with van der Waals surface area (Å²) in [5.41, 5.74) is 10.6. The molecule has 0 heterocycles. The third-order valence-corrected chi connectivity index (χ3v) is 3.60. The van der Waals surface area contributed by atoms with E-state index in [0.717, 1.165) is 0 Å². The normalized spacial score (nSPS) is 10.8. The number of primary amides is 1. The van der Waals surface area contributed by atoms with Crippen LogP contribution in [0.15, 0.2) is 23.1 Å². The van der Waals surface area contributed by atoms with Crippen molar-refractivity contribution in [3.63, 3.8) is 0 Å². The highest BCUT2D eigenvalue weighted by Gasteiger charge is 2.18. The van der Waals surface area contributed by atoms with Crippen LogP contribution in [-0.2, 0) is 14.8 Å². The molecule has 0 aliphatic heterocycles. The molecular weight excluding hydrogens is 256 g/mol. The van der Waals surface area contributed by atoms with Gasteiger partial charge in [-0.3, -0.25) is 4.79 Å². The lowest BCUT2D eigenvalue weighted by molar-refractivity contribution is -0.117. The van der Waals surface area contributed by atoms with E-state index in [4.69, 9.17) is 16.7 Å². The highest BCUT2D eigenvalue weighted by Crippen LogP contribution is 2.17. The topological polar surface area (TPSA) is 139 Å². The summed E-state index contributed by atoms with van der Waals surface area (Å²) in [7, 11) is -3.85. The fraction of sp³-hybridized carbons (Fsp3) is 0.200. The molecule has 1 rings (SSSR count). The van der Waals surface area contributed by atoms with Crippen molar-refractivity contribution < 1.29 is 13.2 Å². The van der Waals surface area contributed by atoms with Gasteiger partial charge in [-0.05, 0) is 18.2 Å². The number of rotatable bonds is 5. The maximum atomic E-state index is 11.8. The third kappa shape index (κ3) is 3.44. The van der Waals surface area contributed by atoms with Crippen LogP contribution in [0.1, 0.15) is 12.0 Å². The first-order valence-electron chi connectivity index (χ1n) is 4.94. The highest BCUT2D eigenvalue weighted by atomic mass is 32.2. The van der Waals surface area contributed by atoms with Crippen molar-refractivity contribution in [2.24, 2.45) is 5.73 Å². The number of carbonyl (C=O) groups is 1. The number of sulfonamides is 1. The average molecular weight is 268 g/mol. The first-order valence-corrected chi connectivity index (χ1v) is 6.42. The van der Waals surface area contributed by atoms with Crippen LogP contribution in [-0.4, -0.2) is 20.9 Å².